The molecular weight excluding hydrogens is 703 g/mol. The Kier molecular flexibility index (Phi) is 8.88. The van der Waals surface area contributed by atoms with Crippen LogP contribution in [0.5, 0.6) is 0 Å². The molecule has 1 unspecified atom stereocenters. The van der Waals surface area contributed by atoms with Crippen molar-refractivity contribution in [3.8, 4) is 11.1 Å². The first-order valence-corrected chi connectivity index (χ1v) is 28.4. The van der Waals surface area contributed by atoms with Crippen molar-refractivity contribution in [1.82, 2.24) is 0 Å². The van der Waals surface area contributed by atoms with E-state index in [9.17, 15) is 0 Å². The Bertz CT molecular complexity index is 1870. The summed E-state index contributed by atoms with van der Waals surface area (Å²) >= 11 is -5.47. The normalized spacial score (nSPS) is 18.9. The first-order valence-electron chi connectivity index (χ1n) is 18.0. The van der Waals surface area contributed by atoms with Crippen molar-refractivity contribution in [1.29, 1.82) is 0 Å². The third kappa shape index (κ3) is 5.85. The van der Waals surface area contributed by atoms with Crippen molar-refractivity contribution >= 4 is 20.2 Å². The van der Waals surface area contributed by atoms with Crippen molar-refractivity contribution in [2.24, 2.45) is 5.92 Å². The van der Waals surface area contributed by atoms with Crippen LogP contribution >= 0.6 is 17.0 Å². The molecule has 0 radical (unpaired) electrons. The molecule has 0 spiro atoms. The number of rotatable bonds is 5. The first-order chi connectivity index (χ1) is 22.8. The molecule has 0 aromatic heterocycles. The van der Waals surface area contributed by atoms with Gasteiger partial charge in [0.1, 0.15) is 0 Å². The average molecular weight is 753 g/mol. The van der Waals surface area contributed by atoms with Gasteiger partial charge in [-0.2, -0.15) is 0 Å². The summed E-state index contributed by atoms with van der Waals surface area (Å²) in [5.74, 6) is 0.590. The molecule has 0 amide bonds. The van der Waals surface area contributed by atoms with E-state index in [4.69, 9.17) is 17.0 Å². The predicted molar refractivity (Wildman–Crippen MR) is 206 cm³/mol. The van der Waals surface area contributed by atoms with Crippen molar-refractivity contribution in [2.45, 2.75) is 91.7 Å². The summed E-state index contributed by atoms with van der Waals surface area (Å²) in [5, 5.41) is 0. The van der Waals surface area contributed by atoms with E-state index in [0.29, 0.717) is 5.92 Å². The summed E-state index contributed by atoms with van der Waals surface area (Å²) < 4.78 is 0.988. The SMILES string of the molecule is CC(C)(C)c1ccc2c(c1)[CH]([Zr]([Cl])([Cl])(=[C](c1ccccc1)c1ccccc1)[CH]1C=CC(C3CCCCC3)=C1)c1cc(C(C)(C)C)ccc1-2. The molecule has 3 aliphatic carbocycles. The molecule has 1 fully saturated rings. The monoisotopic (exact) mass is 750 g/mol. The number of hydrogen-bond acceptors (Lipinski definition) is 0. The van der Waals surface area contributed by atoms with Crippen molar-refractivity contribution < 1.29 is 15.9 Å². The standard InChI is InChI=1S/C21H25.C13H10.C11H15.2ClH.Zr/c1-20(2,3)16-7-9-18-14(12-16)11-15-13-17(21(4,5)6)8-10-19(15)18;1-3-7-12(8-4-1)11-13-9-5-2-6-10-13;1-2-6-10(7-3-1)11-8-4-5-9-11;;;/h7-13H,1-6H3;1-10H;4-5,8-10H,1-3,6-7H2;2*1H;/q;;;;;+2/p-2. The maximum absolute atomic E-state index is 8.98. The minimum absolute atomic E-state index is 0.0123. The zero-order chi connectivity index (χ0) is 33.9. The van der Waals surface area contributed by atoms with Gasteiger partial charge in [0.25, 0.3) is 0 Å². The topological polar surface area (TPSA) is 0 Å². The fourth-order valence-electron chi connectivity index (χ4n) is 8.77. The summed E-state index contributed by atoms with van der Waals surface area (Å²) in [4.78, 5) is 0. The van der Waals surface area contributed by atoms with E-state index in [0.717, 1.165) is 11.1 Å². The first kappa shape index (κ1) is 34.2. The maximum atomic E-state index is 8.98. The van der Waals surface area contributed by atoms with E-state index in [2.05, 4.69) is 157 Å². The quantitative estimate of drug-likeness (QED) is 0.190. The number of allylic oxidation sites excluding steroid dienone is 4. The second-order valence-electron chi connectivity index (χ2n) is 16.7. The molecule has 1 atom stereocenters. The van der Waals surface area contributed by atoms with Gasteiger partial charge in [-0.1, -0.05) is 0 Å². The van der Waals surface area contributed by atoms with Gasteiger partial charge in [0.2, 0.25) is 0 Å². The molecule has 1 saturated carbocycles. The second kappa shape index (κ2) is 12.5. The summed E-state index contributed by atoms with van der Waals surface area (Å²) in [7, 11) is 18.0. The van der Waals surface area contributed by atoms with Gasteiger partial charge in [0.05, 0.1) is 0 Å². The van der Waals surface area contributed by atoms with Gasteiger partial charge in [0, 0.05) is 0 Å². The Morgan fingerprint density at radius 1 is 0.625 bits per heavy atom. The van der Waals surface area contributed by atoms with Crippen LogP contribution in [-0.2, 0) is 26.7 Å². The van der Waals surface area contributed by atoms with E-state index in [-0.39, 0.29) is 18.1 Å². The third-order valence-electron chi connectivity index (χ3n) is 11.4. The van der Waals surface area contributed by atoms with Gasteiger partial charge in [-0.3, -0.25) is 0 Å². The van der Waals surface area contributed by atoms with E-state index in [1.807, 2.05) is 0 Å². The fourth-order valence-corrected chi connectivity index (χ4v) is 28.0. The average Bonchev–Trinajstić information content (AvgIpc) is 3.70. The van der Waals surface area contributed by atoms with Crippen molar-refractivity contribution in [2.75, 3.05) is 0 Å². The van der Waals surface area contributed by atoms with Crippen LogP contribution in [-0.4, -0.2) is 3.21 Å². The molecule has 4 aromatic rings. The summed E-state index contributed by atoms with van der Waals surface area (Å²) in [6.45, 7) is 13.8. The van der Waals surface area contributed by atoms with E-state index < -0.39 is 15.9 Å². The predicted octanol–water partition coefficient (Wildman–Crippen LogP) is 13.5. The van der Waals surface area contributed by atoms with Crippen LogP contribution < -0.4 is 0 Å². The molecular formula is C45H50Cl2Zr. The summed E-state index contributed by atoms with van der Waals surface area (Å²) in [6, 6.07) is 36.0. The molecule has 4 aromatic carbocycles. The minimum atomic E-state index is -5.47. The number of fused-ring (bicyclic) bond motifs is 3. The molecule has 0 bridgehead atoms. The van der Waals surface area contributed by atoms with Crippen molar-refractivity contribution in [3.63, 3.8) is 0 Å². The Balaban J connectivity index is 1.64. The van der Waals surface area contributed by atoms with Gasteiger partial charge >= 0.3 is 299 Å². The molecule has 0 N–H and O–H groups in total. The molecule has 0 aliphatic heterocycles. The van der Waals surface area contributed by atoms with Gasteiger partial charge in [-0.15, -0.1) is 0 Å². The van der Waals surface area contributed by atoms with Gasteiger partial charge in [0.15, 0.2) is 0 Å². The van der Waals surface area contributed by atoms with Crippen LogP contribution in [0.4, 0.5) is 0 Å². The van der Waals surface area contributed by atoms with Crippen LogP contribution in [0.3, 0.4) is 0 Å². The Morgan fingerprint density at radius 2 is 1.10 bits per heavy atom. The van der Waals surface area contributed by atoms with Crippen LogP contribution in [0.1, 0.15) is 111 Å². The Labute approximate surface area is 297 Å². The molecule has 3 aliphatic rings. The van der Waals surface area contributed by atoms with Gasteiger partial charge in [-0.25, -0.2) is 0 Å². The number of benzene rings is 4. The number of hydrogen-bond donors (Lipinski definition) is 0. The van der Waals surface area contributed by atoms with Crippen LogP contribution in [0.15, 0.2) is 121 Å². The molecule has 248 valence electrons. The molecule has 0 nitrogen and oxygen atoms in total. The Hall–Kier alpha value is -2.31. The van der Waals surface area contributed by atoms with Crippen LogP contribution in [0.25, 0.3) is 11.1 Å². The van der Waals surface area contributed by atoms with E-state index in [1.54, 1.807) is 0 Å². The number of halogens is 2. The molecule has 0 heterocycles. The van der Waals surface area contributed by atoms with Gasteiger partial charge in [-0.05, 0) is 0 Å². The van der Waals surface area contributed by atoms with Gasteiger partial charge < -0.3 is 0 Å². The molecule has 3 heteroatoms. The molecule has 0 saturated heterocycles. The third-order valence-corrected chi connectivity index (χ3v) is 31.0. The molecule has 7 rings (SSSR count). The zero-order valence-corrected chi connectivity index (χ0v) is 33.5. The fraction of sp³-hybridized carbons (Fsp3) is 0.356. The summed E-state index contributed by atoms with van der Waals surface area (Å²) in [5.41, 5.74) is 11.5. The van der Waals surface area contributed by atoms with Crippen LogP contribution in [0.2, 0.25) is 3.63 Å². The van der Waals surface area contributed by atoms with Crippen LogP contribution in [0, 0.1) is 5.92 Å². The zero-order valence-electron chi connectivity index (χ0n) is 29.5. The summed E-state index contributed by atoms with van der Waals surface area (Å²) in [6.07, 6.45) is 13.8. The van der Waals surface area contributed by atoms with E-state index >= 15 is 0 Å². The second-order valence-corrected chi connectivity index (χ2v) is 37.4. The van der Waals surface area contributed by atoms with E-state index in [1.165, 1.54) is 74.3 Å². The van der Waals surface area contributed by atoms with Crippen molar-refractivity contribution in [3.05, 3.63) is 154 Å². The Morgan fingerprint density at radius 3 is 1.56 bits per heavy atom. The molecule has 48 heavy (non-hydrogen) atoms.